The summed E-state index contributed by atoms with van der Waals surface area (Å²) in [6.07, 6.45) is 0.606. The number of nitrogens with two attached hydrogens (primary N) is 1. The second-order valence-corrected chi connectivity index (χ2v) is 3.36. The molecule has 16 heavy (non-hydrogen) atoms. The van der Waals surface area contributed by atoms with Crippen LogP contribution >= 0.6 is 12.4 Å². The summed E-state index contributed by atoms with van der Waals surface area (Å²) in [5.74, 6) is -0.461. The van der Waals surface area contributed by atoms with Crippen molar-refractivity contribution in [3.63, 3.8) is 0 Å². The molecule has 0 bridgehead atoms. The highest BCUT2D eigenvalue weighted by Crippen LogP contribution is 2.02. The van der Waals surface area contributed by atoms with Crippen LogP contribution in [0.5, 0.6) is 0 Å². The maximum absolute atomic E-state index is 12.6. The van der Waals surface area contributed by atoms with Crippen LogP contribution in [0.25, 0.3) is 0 Å². The van der Waals surface area contributed by atoms with Gasteiger partial charge in [0.15, 0.2) is 0 Å². The van der Waals surface area contributed by atoms with Gasteiger partial charge in [-0.05, 0) is 24.1 Å². The highest BCUT2D eigenvalue weighted by molar-refractivity contribution is 5.85. The van der Waals surface area contributed by atoms with Gasteiger partial charge >= 0.3 is 0 Å². The summed E-state index contributed by atoms with van der Waals surface area (Å²) >= 11 is 0. The molecule has 0 aliphatic carbocycles. The smallest absolute Gasteiger partial charge is 0.237 e. The highest BCUT2D eigenvalue weighted by atomic mass is 35.5. The molecule has 0 aliphatic heterocycles. The summed E-state index contributed by atoms with van der Waals surface area (Å²) in [6, 6.07) is 5.52. The van der Waals surface area contributed by atoms with Gasteiger partial charge in [0.2, 0.25) is 5.91 Å². The van der Waals surface area contributed by atoms with E-state index in [9.17, 15) is 9.18 Å². The van der Waals surface area contributed by atoms with Crippen molar-refractivity contribution < 1.29 is 9.18 Å². The summed E-state index contributed by atoms with van der Waals surface area (Å²) in [6.45, 7) is 2.23. The van der Waals surface area contributed by atoms with Gasteiger partial charge < -0.3 is 11.1 Å². The lowest BCUT2D eigenvalue weighted by Gasteiger charge is -2.09. The van der Waals surface area contributed by atoms with Gasteiger partial charge in [-0.15, -0.1) is 12.4 Å². The third kappa shape index (κ3) is 4.59. The molecule has 0 heterocycles. The molecule has 1 aromatic carbocycles. The SMILES string of the molecule is CC[C@H](N)C(=O)NCc1ccc(F)cc1.Cl. The van der Waals surface area contributed by atoms with Gasteiger partial charge in [0, 0.05) is 6.54 Å². The first-order valence-electron chi connectivity index (χ1n) is 4.91. The highest BCUT2D eigenvalue weighted by Gasteiger charge is 2.09. The van der Waals surface area contributed by atoms with Gasteiger partial charge in [-0.2, -0.15) is 0 Å². The molecule has 0 aromatic heterocycles. The van der Waals surface area contributed by atoms with E-state index in [4.69, 9.17) is 5.73 Å². The van der Waals surface area contributed by atoms with Crippen LogP contribution in [-0.4, -0.2) is 11.9 Å². The molecule has 0 saturated carbocycles. The van der Waals surface area contributed by atoms with Crippen molar-refractivity contribution in [2.24, 2.45) is 5.73 Å². The van der Waals surface area contributed by atoms with Crippen LogP contribution in [0.15, 0.2) is 24.3 Å². The molecule has 3 N–H and O–H groups in total. The fraction of sp³-hybridized carbons (Fsp3) is 0.364. The third-order valence-electron chi connectivity index (χ3n) is 2.16. The number of hydrogen-bond donors (Lipinski definition) is 2. The number of nitrogens with one attached hydrogen (secondary N) is 1. The van der Waals surface area contributed by atoms with Crippen LogP contribution in [0.4, 0.5) is 4.39 Å². The van der Waals surface area contributed by atoms with Gasteiger partial charge in [-0.3, -0.25) is 4.79 Å². The minimum atomic E-state index is -0.467. The van der Waals surface area contributed by atoms with Crippen LogP contribution in [-0.2, 0) is 11.3 Å². The van der Waals surface area contributed by atoms with Crippen molar-refractivity contribution in [2.75, 3.05) is 0 Å². The second-order valence-electron chi connectivity index (χ2n) is 3.36. The van der Waals surface area contributed by atoms with E-state index in [0.29, 0.717) is 13.0 Å². The van der Waals surface area contributed by atoms with Crippen molar-refractivity contribution in [1.82, 2.24) is 5.32 Å². The Morgan fingerprint density at radius 3 is 2.50 bits per heavy atom. The maximum Gasteiger partial charge on any atom is 0.237 e. The van der Waals surface area contributed by atoms with Crippen molar-refractivity contribution in [2.45, 2.75) is 25.9 Å². The number of amides is 1. The van der Waals surface area contributed by atoms with Gasteiger partial charge in [0.25, 0.3) is 0 Å². The lowest BCUT2D eigenvalue weighted by Crippen LogP contribution is -2.39. The Balaban J connectivity index is 0.00000225. The van der Waals surface area contributed by atoms with E-state index in [1.54, 1.807) is 12.1 Å². The zero-order valence-electron chi connectivity index (χ0n) is 9.07. The summed E-state index contributed by atoms with van der Waals surface area (Å²) < 4.78 is 12.6. The molecule has 0 unspecified atom stereocenters. The molecule has 0 spiro atoms. The standard InChI is InChI=1S/C11H15FN2O.ClH/c1-2-10(13)11(15)14-7-8-3-5-9(12)6-4-8;/h3-6,10H,2,7,13H2,1H3,(H,14,15);1H/t10-;/m0./s1. The Morgan fingerprint density at radius 1 is 1.44 bits per heavy atom. The average molecular weight is 247 g/mol. The number of halogens is 2. The molecule has 1 amide bonds. The normalized spacial score (nSPS) is 11.4. The average Bonchev–Trinajstić information content (AvgIpc) is 2.26. The molecule has 5 heteroatoms. The number of hydrogen-bond acceptors (Lipinski definition) is 2. The maximum atomic E-state index is 12.6. The number of carbonyl (C=O) groups is 1. The van der Waals surface area contributed by atoms with E-state index in [-0.39, 0.29) is 24.1 Å². The molecule has 0 fully saturated rings. The van der Waals surface area contributed by atoms with E-state index < -0.39 is 6.04 Å². The van der Waals surface area contributed by atoms with Crippen LogP contribution in [0.1, 0.15) is 18.9 Å². The molecule has 0 aliphatic rings. The number of rotatable bonds is 4. The Kier molecular flexibility index (Phi) is 6.69. The monoisotopic (exact) mass is 246 g/mol. The summed E-state index contributed by atoms with van der Waals surface area (Å²) in [4.78, 5) is 11.3. The van der Waals surface area contributed by atoms with Crippen LogP contribution in [0.3, 0.4) is 0 Å². The minimum absolute atomic E-state index is 0. The van der Waals surface area contributed by atoms with Gasteiger partial charge in [0.1, 0.15) is 5.82 Å². The zero-order valence-corrected chi connectivity index (χ0v) is 9.89. The summed E-state index contributed by atoms with van der Waals surface area (Å²) in [5, 5.41) is 2.68. The fourth-order valence-corrected chi connectivity index (χ4v) is 1.11. The van der Waals surface area contributed by atoms with Gasteiger partial charge in [-0.1, -0.05) is 19.1 Å². The molecular formula is C11H16ClFN2O. The van der Waals surface area contributed by atoms with E-state index >= 15 is 0 Å². The summed E-state index contributed by atoms with van der Waals surface area (Å²) in [7, 11) is 0. The van der Waals surface area contributed by atoms with Crippen molar-refractivity contribution in [3.8, 4) is 0 Å². The lowest BCUT2D eigenvalue weighted by molar-refractivity contribution is -0.122. The Labute approximate surface area is 101 Å². The van der Waals surface area contributed by atoms with Crippen molar-refractivity contribution >= 4 is 18.3 Å². The van der Waals surface area contributed by atoms with Crippen LogP contribution in [0.2, 0.25) is 0 Å². The predicted molar refractivity (Wildman–Crippen MR) is 63.8 cm³/mol. The molecular weight excluding hydrogens is 231 g/mol. The van der Waals surface area contributed by atoms with Gasteiger partial charge in [0.05, 0.1) is 6.04 Å². The van der Waals surface area contributed by atoms with Crippen LogP contribution in [0, 0.1) is 5.82 Å². The number of carbonyl (C=O) groups excluding carboxylic acids is 1. The number of benzene rings is 1. The lowest BCUT2D eigenvalue weighted by atomic mass is 10.2. The van der Waals surface area contributed by atoms with Crippen molar-refractivity contribution in [1.29, 1.82) is 0 Å². The molecule has 0 radical (unpaired) electrons. The molecule has 0 saturated heterocycles. The van der Waals surface area contributed by atoms with E-state index in [1.807, 2.05) is 6.92 Å². The first kappa shape index (κ1) is 14.9. The quantitative estimate of drug-likeness (QED) is 0.848. The Bertz CT molecular complexity index is 329. The van der Waals surface area contributed by atoms with E-state index in [1.165, 1.54) is 12.1 Å². The second kappa shape index (κ2) is 7.19. The molecule has 3 nitrogen and oxygen atoms in total. The minimum Gasteiger partial charge on any atom is -0.351 e. The zero-order chi connectivity index (χ0) is 11.3. The van der Waals surface area contributed by atoms with Gasteiger partial charge in [-0.25, -0.2) is 4.39 Å². The first-order valence-corrected chi connectivity index (χ1v) is 4.91. The predicted octanol–water partition coefficient (Wildman–Crippen LogP) is 1.60. The van der Waals surface area contributed by atoms with Crippen molar-refractivity contribution in [3.05, 3.63) is 35.6 Å². The Hall–Kier alpha value is -1.13. The third-order valence-corrected chi connectivity index (χ3v) is 2.16. The molecule has 1 atom stereocenters. The largest absolute Gasteiger partial charge is 0.351 e. The Morgan fingerprint density at radius 2 is 2.00 bits per heavy atom. The fourth-order valence-electron chi connectivity index (χ4n) is 1.11. The molecule has 1 rings (SSSR count). The molecule has 1 aromatic rings. The van der Waals surface area contributed by atoms with E-state index in [0.717, 1.165) is 5.56 Å². The molecule has 90 valence electrons. The topological polar surface area (TPSA) is 55.1 Å². The first-order chi connectivity index (χ1) is 7.13. The van der Waals surface area contributed by atoms with E-state index in [2.05, 4.69) is 5.32 Å². The summed E-state index contributed by atoms with van der Waals surface area (Å²) in [5.41, 5.74) is 6.39. The van der Waals surface area contributed by atoms with Crippen LogP contribution < -0.4 is 11.1 Å².